The molecule has 242 valence electrons. The van der Waals surface area contributed by atoms with Gasteiger partial charge in [-0.1, -0.05) is 30.3 Å². The van der Waals surface area contributed by atoms with Gasteiger partial charge in [-0.25, -0.2) is 9.59 Å². The topological polar surface area (TPSA) is 163 Å². The van der Waals surface area contributed by atoms with Crippen LogP contribution < -0.4 is 34.7 Å². The van der Waals surface area contributed by atoms with Gasteiger partial charge in [-0.05, 0) is 53.9 Å². The second-order valence-corrected chi connectivity index (χ2v) is 10.9. The Morgan fingerprint density at radius 1 is 0.957 bits per heavy atom. The third kappa shape index (κ3) is 6.05. The van der Waals surface area contributed by atoms with Gasteiger partial charge in [-0.3, -0.25) is 4.79 Å². The second-order valence-electron chi connectivity index (χ2n) is 10.9. The molecule has 1 fully saturated rings. The minimum absolute atomic E-state index is 0.0166. The summed E-state index contributed by atoms with van der Waals surface area (Å²) in [6, 6.07) is 16.2. The van der Waals surface area contributed by atoms with Gasteiger partial charge in [0.15, 0.2) is 23.0 Å². The predicted molar refractivity (Wildman–Crippen MR) is 160 cm³/mol. The van der Waals surface area contributed by atoms with Crippen molar-refractivity contribution in [1.29, 1.82) is 0 Å². The van der Waals surface area contributed by atoms with Crippen LogP contribution in [0.4, 0.5) is 9.59 Å². The van der Waals surface area contributed by atoms with Crippen molar-refractivity contribution in [2.24, 2.45) is 17.6 Å². The van der Waals surface area contributed by atoms with Crippen molar-refractivity contribution < 1.29 is 52.3 Å². The minimum atomic E-state index is -0.954. The molecule has 13 nitrogen and oxygen atoms in total. The van der Waals surface area contributed by atoms with E-state index in [0.717, 1.165) is 11.1 Å². The smallest absolute Gasteiger partial charge is 0.493 e. The van der Waals surface area contributed by atoms with Crippen LogP contribution in [0.1, 0.15) is 40.7 Å². The maximum atomic E-state index is 13.2. The first-order valence-corrected chi connectivity index (χ1v) is 14.8. The van der Waals surface area contributed by atoms with Crippen molar-refractivity contribution in [2.75, 3.05) is 40.7 Å². The molecule has 3 aromatic rings. The van der Waals surface area contributed by atoms with E-state index in [1.165, 1.54) is 14.2 Å². The molecule has 6 rings (SSSR count). The summed E-state index contributed by atoms with van der Waals surface area (Å²) in [6.45, 7) is 0.844. The van der Waals surface area contributed by atoms with Gasteiger partial charge in [0.2, 0.25) is 12.5 Å². The summed E-state index contributed by atoms with van der Waals surface area (Å²) in [6.07, 6.45) is -2.00. The number of fused-ring (bicyclic) bond motifs is 3. The summed E-state index contributed by atoms with van der Waals surface area (Å²) < 4.78 is 45.0. The number of methoxy groups -OCH3 is 2. The Labute approximate surface area is 264 Å². The van der Waals surface area contributed by atoms with Crippen LogP contribution in [0.15, 0.2) is 54.6 Å². The largest absolute Gasteiger partial charge is 0.514 e. The number of amides is 1. The van der Waals surface area contributed by atoms with E-state index in [4.69, 9.17) is 43.6 Å². The van der Waals surface area contributed by atoms with Crippen molar-refractivity contribution in [3.63, 3.8) is 0 Å². The van der Waals surface area contributed by atoms with Gasteiger partial charge in [0.1, 0.15) is 18.6 Å². The Morgan fingerprint density at radius 2 is 1.65 bits per heavy atom. The number of carbonyl (C=O) groups is 3. The van der Waals surface area contributed by atoms with Crippen LogP contribution in [0, 0.1) is 11.8 Å². The molecule has 0 spiro atoms. The van der Waals surface area contributed by atoms with Crippen molar-refractivity contribution >= 4 is 18.2 Å². The van der Waals surface area contributed by atoms with Crippen LogP contribution >= 0.6 is 0 Å². The zero-order chi connectivity index (χ0) is 32.2. The van der Waals surface area contributed by atoms with Crippen LogP contribution in [0.2, 0.25) is 0 Å². The highest BCUT2D eigenvalue weighted by Crippen LogP contribution is 2.56. The summed E-state index contributed by atoms with van der Waals surface area (Å²) in [5, 5.41) is 2.69. The molecule has 3 aromatic carbocycles. The highest BCUT2D eigenvalue weighted by atomic mass is 16.7. The fourth-order valence-corrected chi connectivity index (χ4v) is 6.14. The third-order valence-electron chi connectivity index (χ3n) is 8.24. The van der Waals surface area contributed by atoms with Gasteiger partial charge in [0.25, 0.3) is 0 Å². The van der Waals surface area contributed by atoms with Crippen molar-refractivity contribution in [2.45, 2.75) is 25.0 Å². The standard InChI is InChI=1S/C33H34N2O11/c1-39-25-11-19(12-26(40-2)30(25)46-33(38)42-15-18-7-4-3-5-8-18)27-20-13-23-24(44-17-43-23)14-21(20)29(28-22(27)16-41-31(28)36)45-32(37)35-10-6-9-34/h3-5,7-8,11-14,22,27-29H,6,9-10,15-17,34H2,1-2H3,(H,35,37)/t22-,27-,28+,29-/m1/s1. The molecule has 46 heavy (non-hydrogen) atoms. The van der Waals surface area contributed by atoms with E-state index in [1.54, 1.807) is 18.2 Å². The number of carbonyl (C=O) groups excluding carboxylic acids is 3. The average Bonchev–Trinajstić information content (AvgIpc) is 3.69. The maximum Gasteiger partial charge on any atom is 0.514 e. The third-order valence-corrected chi connectivity index (χ3v) is 8.24. The molecule has 2 heterocycles. The molecular formula is C33H34N2O11. The summed E-state index contributed by atoms with van der Waals surface area (Å²) >= 11 is 0. The number of nitrogens with two attached hydrogens (primary N) is 1. The predicted octanol–water partition coefficient (Wildman–Crippen LogP) is 4.20. The molecule has 0 saturated carbocycles. The zero-order valence-electron chi connectivity index (χ0n) is 25.3. The first kappa shape index (κ1) is 30.8. The van der Waals surface area contributed by atoms with Gasteiger partial charge in [-0.2, -0.15) is 0 Å². The number of cyclic esters (lactones) is 1. The average molecular weight is 635 g/mol. The Morgan fingerprint density at radius 3 is 2.33 bits per heavy atom. The van der Waals surface area contributed by atoms with Gasteiger partial charge < -0.3 is 48.9 Å². The van der Waals surface area contributed by atoms with Crippen LogP contribution in [-0.4, -0.2) is 58.9 Å². The number of hydrogen-bond donors (Lipinski definition) is 2. The molecule has 4 atom stereocenters. The van der Waals surface area contributed by atoms with Crippen LogP contribution in [0.25, 0.3) is 0 Å². The lowest BCUT2D eigenvalue weighted by atomic mass is 9.66. The molecule has 1 amide bonds. The SMILES string of the molecule is COc1cc([C@@H]2c3cc4c(cc3[C@@H](OC(=O)NCCCN)[C@H]3C(=O)OC[C@H]23)OCO4)cc(OC)c1OC(=O)OCc1ccccc1. The molecule has 1 aliphatic carbocycles. The lowest BCUT2D eigenvalue weighted by molar-refractivity contribution is -0.144. The van der Waals surface area contributed by atoms with Crippen LogP contribution in [0.5, 0.6) is 28.7 Å². The fraction of sp³-hybridized carbons (Fsp3) is 0.364. The van der Waals surface area contributed by atoms with Crippen molar-refractivity contribution in [1.82, 2.24) is 5.32 Å². The quantitative estimate of drug-likeness (QED) is 0.142. The van der Waals surface area contributed by atoms with Gasteiger partial charge in [-0.15, -0.1) is 0 Å². The number of rotatable bonds is 10. The highest BCUT2D eigenvalue weighted by molar-refractivity contribution is 5.79. The number of benzene rings is 3. The molecule has 0 radical (unpaired) electrons. The summed E-state index contributed by atoms with van der Waals surface area (Å²) in [7, 11) is 2.87. The Bertz CT molecular complexity index is 1590. The first-order valence-electron chi connectivity index (χ1n) is 14.8. The van der Waals surface area contributed by atoms with Gasteiger partial charge >= 0.3 is 18.2 Å². The lowest BCUT2D eigenvalue weighted by Crippen LogP contribution is -2.38. The Hall–Kier alpha value is -5.17. The molecule has 13 heteroatoms. The van der Waals surface area contributed by atoms with E-state index in [2.05, 4.69) is 5.32 Å². The monoisotopic (exact) mass is 634 g/mol. The molecule has 0 aromatic heterocycles. The maximum absolute atomic E-state index is 13.2. The van der Waals surface area contributed by atoms with E-state index >= 15 is 0 Å². The van der Waals surface area contributed by atoms with E-state index in [0.29, 0.717) is 42.1 Å². The summed E-state index contributed by atoms with van der Waals surface area (Å²) in [5.74, 6) is -0.815. The molecule has 0 bridgehead atoms. The van der Waals surface area contributed by atoms with Gasteiger partial charge in [0, 0.05) is 23.9 Å². The van der Waals surface area contributed by atoms with E-state index in [1.807, 2.05) is 36.4 Å². The summed E-state index contributed by atoms with van der Waals surface area (Å²) in [4.78, 5) is 38.8. The Kier molecular flexibility index (Phi) is 9.01. The van der Waals surface area contributed by atoms with E-state index in [-0.39, 0.29) is 37.3 Å². The number of alkyl carbamates (subject to hydrolysis) is 1. The Balaban J connectivity index is 1.36. The number of esters is 1. The number of ether oxygens (including phenoxy) is 8. The molecule has 1 saturated heterocycles. The molecular weight excluding hydrogens is 600 g/mol. The molecule has 3 aliphatic rings. The molecule has 0 unspecified atom stereocenters. The van der Waals surface area contributed by atoms with E-state index < -0.39 is 42.1 Å². The summed E-state index contributed by atoms with van der Waals surface area (Å²) in [5.41, 5.74) is 8.34. The highest BCUT2D eigenvalue weighted by Gasteiger charge is 2.54. The van der Waals surface area contributed by atoms with Crippen molar-refractivity contribution in [3.8, 4) is 28.7 Å². The van der Waals surface area contributed by atoms with Gasteiger partial charge in [0.05, 0.1) is 20.8 Å². The normalized spacial score (nSPS) is 20.5. The molecule has 3 N–H and O–H groups in total. The lowest BCUT2D eigenvalue weighted by Gasteiger charge is -2.38. The number of nitrogens with one attached hydrogen (secondary N) is 1. The second kappa shape index (κ2) is 13.4. The zero-order valence-corrected chi connectivity index (χ0v) is 25.3. The van der Waals surface area contributed by atoms with Crippen LogP contribution in [0.3, 0.4) is 0 Å². The van der Waals surface area contributed by atoms with E-state index in [9.17, 15) is 14.4 Å². The van der Waals surface area contributed by atoms with Crippen molar-refractivity contribution in [3.05, 3.63) is 76.9 Å². The minimum Gasteiger partial charge on any atom is -0.493 e. The first-order chi connectivity index (χ1) is 22.4. The number of hydrogen-bond acceptors (Lipinski definition) is 12. The fourth-order valence-electron chi connectivity index (χ4n) is 6.14. The molecule has 2 aliphatic heterocycles. The van der Waals surface area contributed by atoms with Crippen LogP contribution in [-0.2, 0) is 25.6 Å².